The van der Waals surface area contributed by atoms with Crippen molar-refractivity contribution in [3.05, 3.63) is 42.4 Å². The summed E-state index contributed by atoms with van der Waals surface area (Å²) in [5.41, 5.74) is 1.12. The summed E-state index contributed by atoms with van der Waals surface area (Å²) >= 11 is 0. The van der Waals surface area contributed by atoms with Crippen molar-refractivity contribution >= 4 is 11.8 Å². The summed E-state index contributed by atoms with van der Waals surface area (Å²) in [5.74, 6) is 1.18. The van der Waals surface area contributed by atoms with Crippen LogP contribution in [0.15, 0.2) is 36.8 Å². The molecule has 1 atom stereocenters. The summed E-state index contributed by atoms with van der Waals surface area (Å²) in [6.45, 7) is 2.55. The van der Waals surface area contributed by atoms with Gasteiger partial charge in [0, 0.05) is 31.2 Å². The highest BCUT2D eigenvalue weighted by atomic mass is 16.5. The van der Waals surface area contributed by atoms with Crippen molar-refractivity contribution in [2.24, 2.45) is 5.92 Å². The normalized spacial score (nSPS) is 20.8. The first kappa shape index (κ1) is 15.1. The number of anilines is 1. The number of ether oxygens (including phenoxy) is 1. The van der Waals surface area contributed by atoms with Gasteiger partial charge in [-0.2, -0.15) is 5.10 Å². The van der Waals surface area contributed by atoms with Crippen LogP contribution >= 0.6 is 0 Å². The molecule has 1 unspecified atom stereocenters. The van der Waals surface area contributed by atoms with E-state index in [2.05, 4.69) is 15.4 Å². The lowest BCUT2D eigenvalue weighted by Crippen LogP contribution is -2.51. The number of rotatable bonds is 4. The SMILES string of the molecule is O=C(Nc1ccn(Cc2ccncc2)n1)N1CCOCC1C1CC1. The van der Waals surface area contributed by atoms with Crippen LogP contribution in [0.4, 0.5) is 10.6 Å². The van der Waals surface area contributed by atoms with Crippen LogP contribution in [0.3, 0.4) is 0 Å². The number of carbonyl (C=O) groups is 1. The number of morpholine rings is 1. The summed E-state index contributed by atoms with van der Waals surface area (Å²) in [4.78, 5) is 18.5. The monoisotopic (exact) mass is 327 g/mol. The number of nitrogens with one attached hydrogen (secondary N) is 1. The van der Waals surface area contributed by atoms with Gasteiger partial charge in [-0.15, -0.1) is 0 Å². The average Bonchev–Trinajstić information content (AvgIpc) is 3.37. The van der Waals surface area contributed by atoms with Crippen LogP contribution in [-0.4, -0.2) is 51.5 Å². The maximum Gasteiger partial charge on any atom is 0.323 e. The van der Waals surface area contributed by atoms with E-state index in [1.807, 2.05) is 34.0 Å². The predicted octanol–water partition coefficient (Wildman–Crippen LogP) is 1.97. The molecule has 7 heteroatoms. The minimum Gasteiger partial charge on any atom is -0.377 e. The van der Waals surface area contributed by atoms with E-state index in [4.69, 9.17) is 4.74 Å². The van der Waals surface area contributed by atoms with Crippen molar-refractivity contribution in [3.63, 3.8) is 0 Å². The second kappa shape index (κ2) is 6.60. The van der Waals surface area contributed by atoms with Gasteiger partial charge in [0.05, 0.1) is 25.8 Å². The molecule has 0 bridgehead atoms. The van der Waals surface area contributed by atoms with E-state index in [0.29, 0.717) is 38.0 Å². The number of nitrogens with zero attached hydrogens (tertiary/aromatic N) is 4. The molecule has 7 nitrogen and oxygen atoms in total. The molecule has 126 valence electrons. The van der Waals surface area contributed by atoms with Gasteiger partial charge >= 0.3 is 6.03 Å². The molecule has 1 aliphatic carbocycles. The molecule has 1 saturated heterocycles. The van der Waals surface area contributed by atoms with Crippen molar-refractivity contribution < 1.29 is 9.53 Å². The summed E-state index contributed by atoms with van der Waals surface area (Å²) < 4.78 is 7.35. The molecule has 1 saturated carbocycles. The first-order chi connectivity index (χ1) is 11.8. The van der Waals surface area contributed by atoms with Crippen LogP contribution in [0.5, 0.6) is 0 Å². The standard InChI is InChI=1S/C17H21N5O2/c23-17(22-9-10-24-12-15(22)14-1-2-14)19-16-5-8-21(20-16)11-13-3-6-18-7-4-13/h3-8,14-15H,1-2,9-12H2,(H,19,20,23). The van der Waals surface area contributed by atoms with E-state index in [9.17, 15) is 4.79 Å². The highest BCUT2D eigenvalue weighted by Crippen LogP contribution is 2.36. The molecule has 2 aliphatic rings. The highest BCUT2D eigenvalue weighted by Gasteiger charge is 2.39. The minimum atomic E-state index is -0.0793. The number of pyridine rings is 1. The number of carbonyl (C=O) groups excluding carboxylic acids is 1. The van der Waals surface area contributed by atoms with Gasteiger partial charge in [-0.25, -0.2) is 4.79 Å². The molecule has 1 N–H and O–H groups in total. The van der Waals surface area contributed by atoms with Crippen LogP contribution in [0, 0.1) is 5.92 Å². The van der Waals surface area contributed by atoms with Crippen LogP contribution in [0.25, 0.3) is 0 Å². The van der Waals surface area contributed by atoms with Crippen LogP contribution in [0.1, 0.15) is 18.4 Å². The third kappa shape index (κ3) is 3.41. The Labute approximate surface area is 140 Å². The molecule has 24 heavy (non-hydrogen) atoms. The van der Waals surface area contributed by atoms with Gasteiger partial charge in [0.1, 0.15) is 0 Å². The molecule has 3 heterocycles. The van der Waals surface area contributed by atoms with Crippen molar-refractivity contribution in [3.8, 4) is 0 Å². The number of aromatic nitrogens is 3. The fraction of sp³-hybridized carbons (Fsp3) is 0.471. The molecule has 0 aromatic carbocycles. The molecule has 2 aromatic rings. The van der Waals surface area contributed by atoms with Gasteiger partial charge in [-0.3, -0.25) is 15.0 Å². The van der Waals surface area contributed by atoms with Crippen molar-refractivity contribution in [1.29, 1.82) is 0 Å². The van der Waals surface area contributed by atoms with E-state index >= 15 is 0 Å². The summed E-state index contributed by atoms with van der Waals surface area (Å²) in [7, 11) is 0. The second-order valence-corrected chi connectivity index (χ2v) is 6.36. The van der Waals surface area contributed by atoms with Gasteiger partial charge in [0.15, 0.2) is 5.82 Å². The minimum absolute atomic E-state index is 0.0793. The Hall–Kier alpha value is -2.41. The van der Waals surface area contributed by atoms with E-state index < -0.39 is 0 Å². The molecule has 0 radical (unpaired) electrons. The largest absolute Gasteiger partial charge is 0.377 e. The molecule has 2 amide bonds. The van der Waals surface area contributed by atoms with Crippen molar-refractivity contribution in [2.45, 2.75) is 25.4 Å². The molecule has 0 spiro atoms. The summed E-state index contributed by atoms with van der Waals surface area (Å²) in [6, 6.07) is 5.86. The molecule has 1 aliphatic heterocycles. The predicted molar refractivity (Wildman–Crippen MR) is 88.6 cm³/mol. The van der Waals surface area contributed by atoms with Crippen LogP contribution < -0.4 is 5.32 Å². The van der Waals surface area contributed by atoms with Gasteiger partial charge in [0.2, 0.25) is 0 Å². The van der Waals surface area contributed by atoms with Gasteiger partial charge in [-0.1, -0.05) is 0 Å². The highest BCUT2D eigenvalue weighted by molar-refractivity contribution is 5.88. The van der Waals surface area contributed by atoms with Gasteiger partial charge in [0.25, 0.3) is 0 Å². The third-order valence-corrected chi connectivity index (χ3v) is 4.56. The zero-order chi connectivity index (χ0) is 16.4. The molecule has 2 aromatic heterocycles. The third-order valence-electron chi connectivity index (χ3n) is 4.56. The lowest BCUT2D eigenvalue weighted by molar-refractivity contribution is 0.00771. The number of hydrogen-bond acceptors (Lipinski definition) is 4. The quantitative estimate of drug-likeness (QED) is 0.932. The molecular weight excluding hydrogens is 306 g/mol. The summed E-state index contributed by atoms with van der Waals surface area (Å²) in [6.07, 6.45) is 7.78. The zero-order valence-electron chi connectivity index (χ0n) is 13.5. The fourth-order valence-corrected chi connectivity index (χ4v) is 3.12. The Kier molecular flexibility index (Phi) is 4.17. The average molecular weight is 327 g/mol. The molecule has 4 rings (SSSR count). The summed E-state index contributed by atoms with van der Waals surface area (Å²) in [5, 5.41) is 7.35. The number of hydrogen-bond donors (Lipinski definition) is 1. The first-order valence-corrected chi connectivity index (χ1v) is 8.37. The van der Waals surface area contributed by atoms with E-state index in [-0.39, 0.29) is 12.1 Å². The Morgan fingerprint density at radius 2 is 2.12 bits per heavy atom. The second-order valence-electron chi connectivity index (χ2n) is 6.36. The number of urea groups is 1. The Bertz CT molecular complexity index is 698. The zero-order valence-corrected chi connectivity index (χ0v) is 13.5. The van der Waals surface area contributed by atoms with E-state index in [1.165, 1.54) is 12.8 Å². The van der Waals surface area contributed by atoms with Crippen molar-refractivity contribution in [1.82, 2.24) is 19.7 Å². The Morgan fingerprint density at radius 1 is 1.29 bits per heavy atom. The lowest BCUT2D eigenvalue weighted by Gasteiger charge is -2.35. The first-order valence-electron chi connectivity index (χ1n) is 8.37. The smallest absolute Gasteiger partial charge is 0.323 e. The van der Waals surface area contributed by atoms with E-state index in [0.717, 1.165) is 5.56 Å². The fourth-order valence-electron chi connectivity index (χ4n) is 3.12. The maximum atomic E-state index is 12.6. The van der Waals surface area contributed by atoms with Gasteiger partial charge < -0.3 is 9.64 Å². The Morgan fingerprint density at radius 3 is 2.92 bits per heavy atom. The lowest BCUT2D eigenvalue weighted by atomic mass is 10.1. The topological polar surface area (TPSA) is 72.3 Å². The maximum absolute atomic E-state index is 12.6. The van der Waals surface area contributed by atoms with Gasteiger partial charge in [-0.05, 0) is 36.5 Å². The van der Waals surface area contributed by atoms with E-state index in [1.54, 1.807) is 12.4 Å². The van der Waals surface area contributed by atoms with Crippen LogP contribution in [0.2, 0.25) is 0 Å². The Balaban J connectivity index is 1.39. The van der Waals surface area contributed by atoms with Crippen molar-refractivity contribution in [2.75, 3.05) is 25.1 Å². The number of amides is 2. The molecule has 2 fully saturated rings. The molecular formula is C17H21N5O2. The van der Waals surface area contributed by atoms with Crippen LogP contribution in [-0.2, 0) is 11.3 Å².